The molecule has 3 rings (SSSR count). The van der Waals surface area contributed by atoms with Gasteiger partial charge in [0.1, 0.15) is 0 Å². The van der Waals surface area contributed by atoms with E-state index in [4.69, 9.17) is 0 Å². The minimum atomic E-state index is 0.0701. The van der Waals surface area contributed by atoms with Crippen molar-refractivity contribution in [3.05, 3.63) is 24.5 Å². The highest BCUT2D eigenvalue weighted by Gasteiger charge is 2.36. The van der Waals surface area contributed by atoms with Crippen LogP contribution in [0.25, 0.3) is 0 Å². The van der Waals surface area contributed by atoms with Crippen LogP contribution in [0.2, 0.25) is 0 Å². The minimum Gasteiger partial charge on any atom is -0.324 e. The lowest BCUT2D eigenvalue weighted by Crippen LogP contribution is -2.42. The van der Waals surface area contributed by atoms with Crippen molar-refractivity contribution in [3.63, 3.8) is 0 Å². The molecule has 6 nitrogen and oxygen atoms in total. The predicted octanol–water partition coefficient (Wildman–Crippen LogP) is 0.170. The van der Waals surface area contributed by atoms with E-state index in [0.29, 0.717) is 12.1 Å². The van der Waals surface area contributed by atoms with Crippen LogP contribution in [0.4, 0.5) is 5.69 Å². The molecule has 3 unspecified atom stereocenters. The summed E-state index contributed by atoms with van der Waals surface area (Å²) in [5.41, 5.74) is 10.0. The Kier molecular flexibility index (Phi) is 3.22. The zero-order valence-corrected chi connectivity index (χ0v) is 10.0. The number of nitrogens with zero attached hydrogens (tertiary/aromatic N) is 1. The molecular formula is C12H17N5O. The Bertz CT molecular complexity index is 424. The molecule has 0 bridgehead atoms. The van der Waals surface area contributed by atoms with Crippen molar-refractivity contribution in [2.75, 3.05) is 5.32 Å². The Morgan fingerprint density at radius 2 is 2.22 bits per heavy atom. The first-order valence-corrected chi connectivity index (χ1v) is 6.30. The monoisotopic (exact) mass is 247 g/mol. The SMILES string of the molecule is O=C(Nc1cccnc1)C1CCC2NNNC2C1. The van der Waals surface area contributed by atoms with Gasteiger partial charge in [-0.2, -0.15) is 5.53 Å². The summed E-state index contributed by atoms with van der Waals surface area (Å²) < 4.78 is 0. The number of anilines is 1. The first-order chi connectivity index (χ1) is 8.83. The second-order valence-electron chi connectivity index (χ2n) is 4.87. The van der Waals surface area contributed by atoms with Gasteiger partial charge in [-0.1, -0.05) is 0 Å². The van der Waals surface area contributed by atoms with E-state index in [1.807, 2.05) is 12.1 Å². The maximum Gasteiger partial charge on any atom is 0.227 e. The van der Waals surface area contributed by atoms with E-state index in [2.05, 4.69) is 26.7 Å². The van der Waals surface area contributed by atoms with Crippen molar-refractivity contribution in [2.45, 2.75) is 31.3 Å². The van der Waals surface area contributed by atoms with Gasteiger partial charge in [0.25, 0.3) is 0 Å². The average Bonchev–Trinajstić information content (AvgIpc) is 2.87. The first-order valence-electron chi connectivity index (χ1n) is 6.30. The van der Waals surface area contributed by atoms with Crippen LogP contribution in [0, 0.1) is 5.92 Å². The van der Waals surface area contributed by atoms with Crippen LogP contribution < -0.4 is 21.7 Å². The maximum absolute atomic E-state index is 12.1. The summed E-state index contributed by atoms with van der Waals surface area (Å²) in [6, 6.07) is 4.45. The minimum absolute atomic E-state index is 0.0701. The standard InChI is InChI=1S/C12H17N5O/c18-12(14-9-2-1-5-13-7-9)8-3-4-10-11(6-8)16-17-15-10/h1-2,5,7-8,10-11,15-17H,3-4,6H2,(H,14,18). The number of carbonyl (C=O) groups excluding carboxylic acids is 1. The molecule has 0 aromatic carbocycles. The van der Waals surface area contributed by atoms with Gasteiger partial charge >= 0.3 is 0 Å². The molecule has 1 amide bonds. The van der Waals surface area contributed by atoms with E-state index in [1.165, 1.54) is 0 Å². The maximum atomic E-state index is 12.1. The molecule has 1 saturated carbocycles. The molecule has 96 valence electrons. The lowest BCUT2D eigenvalue weighted by atomic mass is 9.82. The van der Waals surface area contributed by atoms with Crippen LogP contribution in [0.1, 0.15) is 19.3 Å². The topological polar surface area (TPSA) is 78.1 Å². The molecule has 1 aliphatic heterocycles. The molecule has 2 fully saturated rings. The molecule has 18 heavy (non-hydrogen) atoms. The van der Waals surface area contributed by atoms with Crippen LogP contribution in [0.3, 0.4) is 0 Å². The Hall–Kier alpha value is -1.50. The number of hydrazine groups is 2. The molecule has 1 aromatic rings. The summed E-state index contributed by atoms with van der Waals surface area (Å²) in [5.74, 6) is 0.163. The lowest BCUT2D eigenvalue weighted by Gasteiger charge is -2.29. The zero-order valence-electron chi connectivity index (χ0n) is 10.0. The van der Waals surface area contributed by atoms with E-state index in [-0.39, 0.29) is 11.8 Å². The van der Waals surface area contributed by atoms with Gasteiger partial charge in [0.05, 0.1) is 11.9 Å². The third-order valence-corrected chi connectivity index (χ3v) is 3.67. The van der Waals surface area contributed by atoms with E-state index >= 15 is 0 Å². The molecule has 6 heteroatoms. The molecule has 1 aliphatic carbocycles. The quantitative estimate of drug-likeness (QED) is 0.599. The van der Waals surface area contributed by atoms with Gasteiger partial charge in [0, 0.05) is 24.2 Å². The van der Waals surface area contributed by atoms with Crippen LogP contribution in [0.5, 0.6) is 0 Å². The highest BCUT2D eigenvalue weighted by Crippen LogP contribution is 2.26. The fraction of sp³-hybridized carbons (Fsp3) is 0.500. The number of nitrogens with one attached hydrogen (secondary N) is 4. The number of amides is 1. The number of carbonyl (C=O) groups is 1. The molecule has 4 N–H and O–H groups in total. The molecule has 1 aromatic heterocycles. The third kappa shape index (κ3) is 2.35. The van der Waals surface area contributed by atoms with E-state index in [0.717, 1.165) is 24.9 Å². The van der Waals surface area contributed by atoms with Gasteiger partial charge < -0.3 is 5.32 Å². The third-order valence-electron chi connectivity index (χ3n) is 3.67. The second-order valence-corrected chi connectivity index (χ2v) is 4.87. The van der Waals surface area contributed by atoms with Gasteiger partial charge in [0.15, 0.2) is 0 Å². The van der Waals surface area contributed by atoms with Crippen molar-refractivity contribution in [3.8, 4) is 0 Å². The van der Waals surface area contributed by atoms with Crippen LogP contribution in [-0.2, 0) is 4.79 Å². The van der Waals surface area contributed by atoms with Crippen molar-refractivity contribution in [1.82, 2.24) is 21.4 Å². The normalized spacial score (nSPS) is 30.8. The van der Waals surface area contributed by atoms with Crippen molar-refractivity contribution < 1.29 is 4.79 Å². The fourth-order valence-corrected chi connectivity index (χ4v) is 2.65. The lowest BCUT2D eigenvalue weighted by molar-refractivity contribution is -0.121. The summed E-state index contributed by atoms with van der Waals surface area (Å²) in [6.07, 6.45) is 6.15. The van der Waals surface area contributed by atoms with Gasteiger partial charge in [-0.25, -0.2) is 10.9 Å². The second kappa shape index (κ2) is 5.01. The number of hydrogen-bond donors (Lipinski definition) is 4. The number of fused-ring (bicyclic) bond motifs is 1. The van der Waals surface area contributed by atoms with E-state index < -0.39 is 0 Å². The smallest absolute Gasteiger partial charge is 0.227 e. The van der Waals surface area contributed by atoms with Crippen molar-refractivity contribution in [2.24, 2.45) is 5.92 Å². The molecule has 2 heterocycles. The van der Waals surface area contributed by atoms with Gasteiger partial charge in [-0.3, -0.25) is 9.78 Å². The van der Waals surface area contributed by atoms with E-state index in [1.54, 1.807) is 12.4 Å². The van der Waals surface area contributed by atoms with Gasteiger partial charge in [-0.05, 0) is 31.4 Å². The van der Waals surface area contributed by atoms with Crippen LogP contribution in [-0.4, -0.2) is 23.0 Å². The van der Waals surface area contributed by atoms with Crippen LogP contribution in [0.15, 0.2) is 24.5 Å². The van der Waals surface area contributed by atoms with Crippen molar-refractivity contribution >= 4 is 11.6 Å². The Labute approximate surface area is 105 Å². The first kappa shape index (κ1) is 11.6. The Morgan fingerprint density at radius 1 is 1.33 bits per heavy atom. The molecule has 2 aliphatic rings. The number of pyridine rings is 1. The summed E-state index contributed by atoms with van der Waals surface area (Å²) in [7, 11) is 0. The zero-order chi connectivity index (χ0) is 12.4. The Balaban J connectivity index is 1.60. The summed E-state index contributed by atoms with van der Waals surface area (Å²) >= 11 is 0. The molecule has 3 atom stereocenters. The average molecular weight is 247 g/mol. The van der Waals surface area contributed by atoms with Gasteiger partial charge in [0.2, 0.25) is 5.91 Å². The summed E-state index contributed by atoms with van der Waals surface area (Å²) in [5, 5.41) is 2.92. The Morgan fingerprint density at radius 3 is 3.06 bits per heavy atom. The molecule has 0 spiro atoms. The molecule has 0 radical (unpaired) electrons. The number of aromatic nitrogens is 1. The number of rotatable bonds is 2. The molecular weight excluding hydrogens is 230 g/mol. The van der Waals surface area contributed by atoms with E-state index in [9.17, 15) is 4.79 Å². The van der Waals surface area contributed by atoms with Crippen molar-refractivity contribution in [1.29, 1.82) is 0 Å². The fourth-order valence-electron chi connectivity index (χ4n) is 2.65. The number of hydrogen-bond acceptors (Lipinski definition) is 5. The molecule has 1 saturated heterocycles. The van der Waals surface area contributed by atoms with Gasteiger partial charge in [-0.15, -0.1) is 0 Å². The predicted molar refractivity (Wildman–Crippen MR) is 67.2 cm³/mol. The highest BCUT2D eigenvalue weighted by atomic mass is 16.1. The van der Waals surface area contributed by atoms with Crippen LogP contribution >= 0.6 is 0 Å². The highest BCUT2D eigenvalue weighted by molar-refractivity contribution is 5.92. The summed E-state index contributed by atoms with van der Waals surface area (Å²) in [6.45, 7) is 0. The largest absolute Gasteiger partial charge is 0.324 e. The summed E-state index contributed by atoms with van der Waals surface area (Å²) in [4.78, 5) is 16.1.